The molecule has 1 heterocycles. The molecule has 1 aromatic heterocycles. The third-order valence-electron chi connectivity index (χ3n) is 7.99. The van der Waals surface area contributed by atoms with E-state index >= 15 is 0 Å². The van der Waals surface area contributed by atoms with E-state index in [2.05, 4.69) is 106 Å². The van der Waals surface area contributed by atoms with Gasteiger partial charge in [0.15, 0.2) is 5.82 Å². The van der Waals surface area contributed by atoms with E-state index in [9.17, 15) is 4.79 Å². The monoisotopic (exact) mass is 503 g/mol. The molecule has 2 N–H and O–H groups in total. The van der Waals surface area contributed by atoms with Crippen LogP contribution < -0.4 is 15.7 Å². The Labute approximate surface area is 214 Å². The summed E-state index contributed by atoms with van der Waals surface area (Å²) in [7, 11) is -2.56. The number of rotatable bonds is 7. The third kappa shape index (κ3) is 4.28. The number of carboxylic acid groups (broad SMARTS) is 1. The number of aromatic nitrogens is 2. The first-order valence-corrected chi connectivity index (χ1v) is 14.9. The Kier molecular flexibility index (Phi) is 6.33. The molecule has 2 aliphatic rings. The highest BCUT2D eigenvalue weighted by Gasteiger charge is 2.60. The Balaban J connectivity index is 1.41. The van der Waals surface area contributed by atoms with Crippen molar-refractivity contribution in [3.8, 4) is 0 Å². The zero-order valence-corrected chi connectivity index (χ0v) is 22.8. The minimum absolute atomic E-state index is 0.0322. The predicted octanol–water partition coefficient (Wildman–Crippen LogP) is 5.62. The molecule has 2 unspecified atom stereocenters. The Morgan fingerprint density at radius 3 is 2.00 bits per heavy atom. The van der Waals surface area contributed by atoms with Crippen LogP contribution in [0.1, 0.15) is 65.1 Å². The molecule has 0 spiro atoms. The minimum atomic E-state index is -2.56. The molecule has 6 nitrogen and oxygen atoms in total. The van der Waals surface area contributed by atoms with Crippen molar-refractivity contribution in [3.63, 3.8) is 0 Å². The molecule has 0 aliphatic heterocycles. The average Bonchev–Trinajstić information content (AvgIpc) is 3.15. The van der Waals surface area contributed by atoms with Crippen molar-refractivity contribution in [1.29, 1.82) is 0 Å². The summed E-state index contributed by atoms with van der Waals surface area (Å²) >= 11 is 0. The van der Waals surface area contributed by atoms with Gasteiger partial charge in [0.2, 0.25) is 0 Å². The molecule has 3 aromatic rings. The maximum Gasteiger partial charge on any atom is 0.410 e. The maximum absolute atomic E-state index is 11.2. The summed E-state index contributed by atoms with van der Waals surface area (Å²) in [6.45, 7) is 11.2. The smallest absolute Gasteiger partial charge is 0.410 e. The van der Waals surface area contributed by atoms with Crippen LogP contribution in [-0.2, 0) is 4.43 Å². The van der Waals surface area contributed by atoms with Crippen molar-refractivity contribution in [2.75, 3.05) is 5.32 Å². The number of hydrogen-bond donors (Lipinski definition) is 2. The van der Waals surface area contributed by atoms with E-state index in [0.29, 0.717) is 23.6 Å². The molecule has 2 atom stereocenters. The zero-order chi connectivity index (χ0) is 25.7. The molecule has 0 radical (unpaired) electrons. The molecule has 7 heteroatoms. The molecule has 190 valence electrons. The van der Waals surface area contributed by atoms with Crippen LogP contribution in [0, 0.1) is 11.8 Å². The lowest BCUT2D eigenvalue weighted by Gasteiger charge is -2.45. The van der Waals surface area contributed by atoms with Gasteiger partial charge in [-0.05, 0) is 53.9 Å². The second kappa shape index (κ2) is 9.20. The van der Waals surface area contributed by atoms with E-state index in [1.165, 1.54) is 10.4 Å². The van der Waals surface area contributed by atoms with Crippen LogP contribution in [0.15, 0.2) is 66.7 Å². The number of amides is 1. The second-order valence-electron chi connectivity index (χ2n) is 11.7. The average molecular weight is 504 g/mol. The lowest BCUT2D eigenvalue weighted by atomic mass is 10.1. The number of fused-ring (bicyclic) bond motifs is 1. The molecule has 2 saturated carbocycles. The third-order valence-corrected chi connectivity index (χ3v) is 13.1. The van der Waals surface area contributed by atoms with E-state index < -0.39 is 14.4 Å². The lowest BCUT2D eigenvalue weighted by molar-refractivity contribution is 0.177. The molecular weight excluding hydrogens is 466 g/mol. The van der Waals surface area contributed by atoms with E-state index in [1.54, 1.807) is 0 Å². The summed E-state index contributed by atoms with van der Waals surface area (Å²) in [6.07, 6.45) is 1.20. The Bertz CT molecular complexity index is 1170. The number of benzene rings is 2. The summed E-state index contributed by atoms with van der Waals surface area (Å²) in [5.41, 5.74) is 1.15. The van der Waals surface area contributed by atoms with Crippen molar-refractivity contribution in [3.05, 3.63) is 72.4 Å². The first kappa shape index (κ1) is 24.8. The fraction of sp³-hybridized carbons (Fsp3) is 0.448. The quantitative estimate of drug-likeness (QED) is 0.410. The van der Waals surface area contributed by atoms with Crippen LogP contribution >= 0.6 is 0 Å². The van der Waals surface area contributed by atoms with Gasteiger partial charge in [-0.3, -0.25) is 10.00 Å². The molecular formula is C29H37N3O3Si. The van der Waals surface area contributed by atoms with Gasteiger partial charge in [0.25, 0.3) is 8.32 Å². The van der Waals surface area contributed by atoms with Crippen LogP contribution in [-0.4, -0.2) is 35.4 Å². The zero-order valence-electron chi connectivity index (χ0n) is 21.8. The largest absolute Gasteiger partial charge is 0.465 e. The van der Waals surface area contributed by atoms with Gasteiger partial charge in [0.1, 0.15) is 0 Å². The molecule has 2 aromatic carbocycles. The highest BCUT2D eigenvalue weighted by atomic mass is 28.4. The van der Waals surface area contributed by atoms with Gasteiger partial charge in [-0.25, -0.2) is 4.79 Å². The normalized spacial score (nSPS) is 23.5. The molecule has 2 aliphatic carbocycles. The molecule has 0 saturated heterocycles. The van der Waals surface area contributed by atoms with E-state index in [0.717, 1.165) is 18.5 Å². The van der Waals surface area contributed by atoms with E-state index in [-0.39, 0.29) is 17.2 Å². The van der Waals surface area contributed by atoms with Crippen molar-refractivity contribution in [1.82, 2.24) is 9.78 Å². The first-order valence-electron chi connectivity index (χ1n) is 13.0. The standard InChI is InChI=1S/C29H37N3O3Si/c1-19(2)32-25(18-26(31-32)30-28(33)34)27-23-16-20(17-24(23)27)35-36(29(3,4)5,21-12-8-6-9-13-21)22-14-10-7-11-15-22/h6-15,18-20,23-24,27H,16-17H2,1-5H3,(H,30,31)(H,33,34). The van der Waals surface area contributed by atoms with Gasteiger partial charge in [-0.1, -0.05) is 81.4 Å². The van der Waals surface area contributed by atoms with Gasteiger partial charge in [-0.2, -0.15) is 5.10 Å². The summed E-state index contributed by atoms with van der Waals surface area (Å²) < 4.78 is 9.37. The minimum Gasteiger partial charge on any atom is -0.465 e. The lowest BCUT2D eigenvalue weighted by Crippen LogP contribution is -2.67. The van der Waals surface area contributed by atoms with Crippen LogP contribution in [0.4, 0.5) is 10.6 Å². The molecule has 2 fully saturated rings. The van der Waals surface area contributed by atoms with Crippen molar-refractivity contribution >= 4 is 30.6 Å². The topological polar surface area (TPSA) is 76.4 Å². The number of anilines is 1. The van der Waals surface area contributed by atoms with Gasteiger partial charge < -0.3 is 9.53 Å². The van der Waals surface area contributed by atoms with Crippen LogP contribution in [0.5, 0.6) is 0 Å². The van der Waals surface area contributed by atoms with Gasteiger partial charge >= 0.3 is 6.09 Å². The van der Waals surface area contributed by atoms with Gasteiger partial charge in [-0.15, -0.1) is 0 Å². The molecule has 1 amide bonds. The number of carbonyl (C=O) groups is 1. The Morgan fingerprint density at radius 2 is 1.56 bits per heavy atom. The van der Waals surface area contributed by atoms with Gasteiger partial charge in [0, 0.05) is 29.8 Å². The van der Waals surface area contributed by atoms with Gasteiger partial charge in [0.05, 0.1) is 0 Å². The summed E-state index contributed by atoms with van der Waals surface area (Å²) in [4.78, 5) is 11.2. The highest BCUT2D eigenvalue weighted by molar-refractivity contribution is 6.99. The maximum atomic E-state index is 11.2. The SMILES string of the molecule is CC(C)n1nc(NC(=O)O)cc1C1C2CC(O[Si](c3ccccc3)(c3ccccc3)C(C)(C)C)CC21. The number of hydrogen-bond acceptors (Lipinski definition) is 3. The van der Waals surface area contributed by atoms with Crippen LogP contribution in [0.3, 0.4) is 0 Å². The second-order valence-corrected chi connectivity index (χ2v) is 15.9. The fourth-order valence-electron chi connectivity index (χ4n) is 6.51. The van der Waals surface area contributed by atoms with Crippen molar-refractivity contribution < 1.29 is 14.3 Å². The number of nitrogens with zero attached hydrogens (tertiary/aromatic N) is 2. The van der Waals surface area contributed by atoms with Crippen LogP contribution in [0.25, 0.3) is 0 Å². The molecule has 5 rings (SSSR count). The summed E-state index contributed by atoms with van der Waals surface area (Å²) in [5, 5.41) is 18.7. The van der Waals surface area contributed by atoms with Crippen molar-refractivity contribution in [2.45, 2.75) is 70.6 Å². The summed E-state index contributed by atoms with van der Waals surface area (Å²) in [6, 6.07) is 23.8. The van der Waals surface area contributed by atoms with Crippen LogP contribution in [0.2, 0.25) is 5.04 Å². The fourth-order valence-corrected chi connectivity index (χ4v) is 11.2. The number of nitrogens with one attached hydrogen (secondary N) is 1. The van der Waals surface area contributed by atoms with E-state index in [4.69, 9.17) is 9.53 Å². The Hall–Kier alpha value is -2.90. The Morgan fingerprint density at radius 1 is 1.03 bits per heavy atom. The van der Waals surface area contributed by atoms with Crippen molar-refractivity contribution in [2.24, 2.45) is 11.8 Å². The molecule has 36 heavy (non-hydrogen) atoms. The van der Waals surface area contributed by atoms with E-state index in [1.807, 2.05) is 10.7 Å². The summed E-state index contributed by atoms with van der Waals surface area (Å²) in [5.74, 6) is 1.94. The highest BCUT2D eigenvalue weighted by Crippen LogP contribution is 2.64. The first-order chi connectivity index (χ1) is 17.1. The molecule has 0 bridgehead atoms. The predicted molar refractivity (Wildman–Crippen MR) is 146 cm³/mol.